The third-order valence-electron chi connectivity index (χ3n) is 1.88. The third-order valence-corrected chi connectivity index (χ3v) is 3.49. The van der Waals surface area contributed by atoms with Gasteiger partial charge in [-0.1, -0.05) is 48.5 Å². The van der Waals surface area contributed by atoms with Crippen LogP contribution in [0.15, 0.2) is 65.2 Å². The first-order chi connectivity index (χ1) is 7.95. The van der Waals surface area contributed by atoms with Crippen molar-refractivity contribution in [3.63, 3.8) is 0 Å². The topological polar surface area (TPSA) is 21.6 Å². The van der Waals surface area contributed by atoms with Crippen molar-refractivity contribution in [1.29, 1.82) is 0 Å². The molecule has 1 unspecified atom stereocenters. The Morgan fingerprint density at radius 1 is 0.875 bits per heavy atom. The zero-order chi connectivity index (χ0) is 11.1. The van der Waals surface area contributed by atoms with Crippen molar-refractivity contribution in [3.05, 3.63) is 60.7 Å². The van der Waals surface area contributed by atoms with E-state index >= 15 is 0 Å². The normalized spacial score (nSPS) is 11.2. The van der Waals surface area contributed by atoms with Crippen LogP contribution in [0.25, 0.3) is 0 Å². The number of benzene rings is 2. The van der Waals surface area contributed by atoms with E-state index in [0.717, 1.165) is 5.75 Å². The lowest BCUT2D eigenvalue weighted by Gasteiger charge is -1.96. The van der Waals surface area contributed by atoms with Gasteiger partial charge in [0.25, 0.3) is 0 Å². The molecule has 2 rings (SSSR count). The molecule has 0 N–H and O–H groups in total. The van der Waals surface area contributed by atoms with E-state index in [0.29, 0.717) is 17.3 Å². The van der Waals surface area contributed by atoms with E-state index in [4.69, 9.17) is 4.52 Å². The molecule has 0 amide bonds. The summed E-state index contributed by atoms with van der Waals surface area (Å²) < 4.78 is 9.75. The highest BCUT2D eigenvalue weighted by atomic mass is 31.1. The number of rotatable bonds is 4. The maximum Gasteiger partial charge on any atom is 0.246 e. The largest absolute Gasteiger partial charge is 0.423 e. The molecule has 16 heavy (non-hydrogen) atoms. The van der Waals surface area contributed by atoms with Gasteiger partial charge in [-0.2, -0.15) is 0 Å². The maximum absolute atomic E-state index is 5.44. The predicted molar refractivity (Wildman–Crippen MR) is 70.8 cm³/mol. The average molecular weight is 247 g/mol. The molecule has 2 aromatic carbocycles. The van der Waals surface area contributed by atoms with E-state index < -0.39 is 0 Å². The molecule has 0 aliphatic carbocycles. The molecule has 2 aromatic rings. The molecular formula is C12H11NOP2. The summed E-state index contributed by atoms with van der Waals surface area (Å²) in [6.07, 6.45) is 0. The molecule has 0 aliphatic heterocycles. The summed E-state index contributed by atoms with van der Waals surface area (Å²) in [4.78, 5) is 0. The van der Waals surface area contributed by atoms with Crippen molar-refractivity contribution in [2.75, 3.05) is 0 Å². The minimum absolute atomic E-state index is 0.444. The van der Waals surface area contributed by atoms with Crippen LogP contribution in [0.5, 0.6) is 5.75 Å². The van der Waals surface area contributed by atoms with Gasteiger partial charge in [0.1, 0.15) is 5.75 Å². The minimum atomic E-state index is 0.444. The van der Waals surface area contributed by atoms with Crippen molar-refractivity contribution >= 4 is 22.6 Å². The number of hydrogen-bond donors (Lipinski definition) is 0. The lowest BCUT2D eigenvalue weighted by Crippen LogP contribution is -1.87. The molecule has 0 fully saturated rings. The third kappa shape index (κ3) is 3.73. The summed E-state index contributed by atoms with van der Waals surface area (Å²) in [5, 5.41) is 1.23. The van der Waals surface area contributed by atoms with Gasteiger partial charge in [-0.15, -0.1) is 0 Å². The minimum Gasteiger partial charge on any atom is -0.423 e. The van der Waals surface area contributed by atoms with E-state index in [1.165, 1.54) is 5.30 Å². The van der Waals surface area contributed by atoms with Gasteiger partial charge in [-0.05, 0) is 17.4 Å². The van der Waals surface area contributed by atoms with Gasteiger partial charge in [-0.25, -0.2) is 4.52 Å². The summed E-state index contributed by atoms with van der Waals surface area (Å²) in [5.74, 6) is 0.853. The van der Waals surface area contributed by atoms with Gasteiger partial charge in [0, 0.05) is 8.73 Å². The Labute approximate surface area is 98.5 Å². The Hall–Kier alpha value is -1.23. The summed E-state index contributed by atoms with van der Waals surface area (Å²) in [6, 6.07) is 19.9. The summed E-state index contributed by atoms with van der Waals surface area (Å²) in [6.45, 7) is 0. The fourth-order valence-electron chi connectivity index (χ4n) is 1.14. The van der Waals surface area contributed by atoms with Crippen molar-refractivity contribution < 1.29 is 4.52 Å². The quantitative estimate of drug-likeness (QED) is 0.747. The lowest BCUT2D eigenvalue weighted by molar-refractivity contribution is 0.639. The van der Waals surface area contributed by atoms with Gasteiger partial charge >= 0.3 is 0 Å². The smallest absolute Gasteiger partial charge is 0.246 e. The Bertz CT molecular complexity index is 402. The molecule has 0 spiro atoms. The van der Waals surface area contributed by atoms with Crippen molar-refractivity contribution in [2.45, 2.75) is 0 Å². The molecule has 0 aromatic heterocycles. The van der Waals surface area contributed by atoms with E-state index in [-0.39, 0.29) is 0 Å². The molecule has 0 bridgehead atoms. The van der Waals surface area contributed by atoms with Crippen molar-refractivity contribution in [1.82, 2.24) is 0 Å². The van der Waals surface area contributed by atoms with E-state index in [1.54, 1.807) is 0 Å². The van der Waals surface area contributed by atoms with Crippen LogP contribution < -0.4 is 9.83 Å². The first kappa shape index (κ1) is 11.3. The van der Waals surface area contributed by atoms with E-state index in [2.05, 4.69) is 16.6 Å². The Morgan fingerprint density at radius 3 is 2.19 bits per heavy atom. The molecule has 0 saturated heterocycles. The monoisotopic (exact) mass is 247 g/mol. The van der Waals surface area contributed by atoms with Crippen LogP contribution in [0.2, 0.25) is 0 Å². The predicted octanol–water partition coefficient (Wildman–Crippen LogP) is 4.03. The molecule has 0 heterocycles. The molecule has 0 radical (unpaired) electrons. The highest BCUT2D eigenvalue weighted by Crippen LogP contribution is 2.21. The number of para-hydroxylation sites is 1. The van der Waals surface area contributed by atoms with Crippen molar-refractivity contribution in [3.8, 4) is 5.75 Å². The fourth-order valence-corrected chi connectivity index (χ4v) is 2.49. The van der Waals surface area contributed by atoms with E-state index in [1.807, 2.05) is 48.5 Å². The Morgan fingerprint density at radius 2 is 1.50 bits per heavy atom. The molecule has 4 heteroatoms. The van der Waals surface area contributed by atoms with Crippen LogP contribution in [0, 0.1) is 0 Å². The van der Waals surface area contributed by atoms with Gasteiger partial charge in [0.15, 0.2) is 0 Å². The Balaban J connectivity index is 1.83. The average Bonchev–Trinajstić information content (AvgIpc) is 2.37. The molecule has 80 valence electrons. The fraction of sp³-hybridized carbons (Fsp3) is 0. The summed E-state index contributed by atoms with van der Waals surface area (Å²) >= 11 is 0. The molecule has 0 saturated carbocycles. The second-order valence-corrected chi connectivity index (χ2v) is 5.01. The number of nitrogens with zero attached hydrogens (tertiary/aromatic N) is 1. The van der Waals surface area contributed by atoms with Crippen LogP contribution in [0.3, 0.4) is 0 Å². The van der Waals surface area contributed by atoms with Gasteiger partial charge < -0.3 is 4.52 Å². The Kier molecular flexibility index (Phi) is 4.49. The van der Waals surface area contributed by atoms with Crippen LogP contribution >= 0.6 is 17.3 Å². The zero-order valence-corrected chi connectivity index (χ0v) is 10.5. The summed E-state index contributed by atoms with van der Waals surface area (Å²) in [5.41, 5.74) is 0. The first-order valence-corrected chi connectivity index (χ1v) is 6.59. The second kappa shape index (κ2) is 6.37. The van der Waals surface area contributed by atoms with Crippen molar-refractivity contribution in [2.24, 2.45) is 4.52 Å². The van der Waals surface area contributed by atoms with Crippen LogP contribution in [-0.4, -0.2) is 0 Å². The van der Waals surface area contributed by atoms with E-state index in [9.17, 15) is 0 Å². The zero-order valence-electron chi connectivity index (χ0n) is 8.58. The van der Waals surface area contributed by atoms with Gasteiger partial charge in [0.2, 0.25) is 8.60 Å². The molecule has 1 atom stereocenters. The number of hydrogen-bond acceptors (Lipinski definition) is 2. The molecule has 2 nitrogen and oxygen atoms in total. The molecule has 0 aliphatic rings. The highest BCUT2D eigenvalue weighted by molar-refractivity contribution is 7.50. The maximum atomic E-state index is 5.44. The lowest BCUT2D eigenvalue weighted by atomic mass is 10.3. The SMILES string of the molecule is c1ccc(OP=NPc2ccccc2)cc1. The van der Waals surface area contributed by atoms with Gasteiger partial charge in [0.05, 0.1) is 0 Å². The van der Waals surface area contributed by atoms with Crippen LogP contribution in [0.4, 0.5) is 0 Å². The highest BCUT2D eigenvalue weighted by Gasteiger charge is 1.89. The molecular weight excluding hydrogens is 236 g/mol. The second-order valence-electron chi connectivity index (χ2n) is 3.06. The van der Waals surface area contributed by atoms with Crippen LogP contribution in [-0.2, 0) is 0 Å². The van der Waals surface area contributed by atoms with Gasteiger partial charge in [-0.3, -0.25) is 0 Å². The summed E-state index contributed by atoms with van der Waals surface area (Å²) in [7, 11) is 1.10. The van der Waals surface area contributed by atoms with Crippen LogP contribution in [0.1, 0.15) is 0 Å². The first-order valence-electron chi connectivity index (χ1n) is 4.88. The standard InChI is InChI=1S/C12H11NOP2/c1-3-7-11(8-4-1)14-16-13-15-12-9-5-2-6-10-12/h1-10,15H.